The molecule has 23 heavy (non-hydrogen) atoms. The number of anilines is 1. The van der Waals surface area contributed by atoms with Crippen LogP contribution in [0.1, 0.15) is 50.1 Å². The van der Waals surface area contributed by atoms with E-state index in [-0.39, 0.29) is 18.1 Å². The lowest BCUT2D eigenvalue weighted by Gasteiger charge is -2.32. The summed E-state index contributed by atoms with van der Waals surface area (Å²) in [4.78, 5) is 19.1. The summed E-state index contributed by atoms with van der Waals surface area (Å²) in [5, 5.41) is 4.37. The van der Waals surface area contributed by atoms with Gasteiger partial charge in [-0.3, -0.25) is 14.4 Å². The third-order valence-electron chi connectivity index (χ3n) is 4.22. The number of hydrogen-bond donors (Lipinski definition) is 0. The van der Waals surface area contributed by atoms with Crippen molar-refractivity contribution in [3.05, 3.63) is 36.3 Å². The number of amides is 1. The Bertz CT molecular complexity index is 693. The largest absolute Gasteiger partial charge is 0.471 e. The highest BCUT2D eigenvalue weighted by molar-refractivity contribution is 6.05. The van der Waals surface area contributed by atoms with Gasteiger partial charge in [0.15, 0.2) is 0 Å². The average molecular weight is 314 g/mol. The number of rotatable bonds is 4. The van der Waals surface area contributed by atoms with E-state index in [0.29, 0.717) is 23.8 Å². The highest BCUT2D eigenvalue weighted by atomic mass is 16.5. The molecule has 1 atom stereocenters. The summed E-state index contributed by atoms with van der Waals surface area (Å²) in [5.74, 6) is 0.451. The van der Waals surface area contributed by atoms with Crippen LogP contribution in [0.25, 0.3) is 0 Å². The SMILES string of the molecule is CCC(CC)n1nccc1C(=O)N1CC(C)Oc2ncccc21. The summed E-state index contributed by atoms with van der Waals surface area (Å²) in [6.07, 6.45) is 5.16. The van der Waals surface area contributed by atoms with Crippen LogP contribution in [0.2, 0.25) is 0 Å². The first kappa shape index (κ1) is 15.5. The quantitative estimate of drug-likeness (QED) is 0.870. The van der Waals surface area contributed by atoms with Gasteiger partial charge in [0.05, 0.1) is 12.6 Å². The molecule has 6 nitrogen and oxygen atoms in total. The van der Waals surface area contributed by atoms with Gasteiger partial charge in [-0.1, -0.05) is 13.8 Å². The van der Waals surface area contributed by atoms with Crippen LogP contribution in [0.3, 0.4) is 0 Å². The molecule has 2 aromatic heterocycles. The second-order valence-electron chi connectivity index (χ2n) is 5.80. The summed E-state index contributed by atoms with van der Waals surface area (Å²) in [7, 11) is 0. The molecule has 0 bridgehead atoms. The van der Waals surface area contributed by atoms with E-state index in [1.165, 1.54) is 0 Å². The standard InChI is InChI=1S/C17H22N4O2/c1-4-13(5-2)21-15(8-10-19-21)17(22)20-11-12(3)23-16-14(20)7-6-9-18-16/h6-10,12-13H,4-5,11H2,1-3H3. The highest BCUT2D eigenvalue weighted by Crippen LogP contribution is 2.32. The normalized spacial score (nSPS) is 17.0. The first-order valence-electron chi connectivity index (χ1n) is 8.12. The van der Waals surface area contributed by atoms with Crippen molar-refractivity contribution in [2.24, 2.45) is 0 Å². The van der Waals surface area contributed by atoms with Gasteiger partial charge in [-0.2, -0.15) is 5.10 Å². The van der Waals surface area contributed by atoms with Crippen LogP contribution >= 0.6 is 0 Å². The third kappa shape index (κ3) is 2.81. The van der Waals surface area contributed by atoms with Crippen molar-refractivity contribution in [2.75, 3.05) is 11.4 Å². The van der Waals surface area contributed by atoms with Gasteiger partial charge in [-0.05, 0) is 38.0 Å². The number of carbonyl (C=O) groups is 1. The Labute approximate surface area is 136 Å². The van der Waals surface area contributed by atoms with Gasteiger partial charge < -0.3 is 4.74 Å². The lowest BCUT2D eigenvalue weighted by Crippen LogP contribution is -2.43. The Hall–Kier alpha value is -2.37. The van der Waals surface area contributed by atoms with Crippen LogP contribution in [0, 0.1) is 0 Å². The molecule has 0 aliphatic carbocycles. The summed E-state index contributed by atoms with van der Waals surface area (Å²) >= 11 is 0. The van der Waals surface area contributed by atoms with Crippen molar-refractivity contribution < 1.29 is 9.53 Å². The molecule has 6 heteroatoms. The fraction of sp³-hybridized carbons (Fsp3) is 0.471. The molecular formula is C17H22N4O2. The maximum absolute atomic E-state index is 13.1. The molecule has 0 spiro atoms. The van der Waals surface area contributed by atoms with Gasteiger partial charge in [0.1, 0.15) is 17.5 Å². The van der Waals surface area contributed by atoms with Crippen molar-refractivity contribution in [2.45, 2.75) is 45.8 Å². The van der Waals surface area contributed by atoms with Crippen LogP contribution in [-0.4, -0.2) is 33.3 Å². The van der Waals surface area contributed by atoms with E-state index >= 15 is 0 Å². The molecule has 0 saturated carbocycles. The zero-order chi connectivity index (χ0) is 16.4. The Balaban J connectivity index is 1.97. The van der Waals surface area contributed by atoms with Crippen LogP contribution in [0.4, 0.5) is 5.69 Å². The Morgan fingerprint density at radius 1 is 1.35 bits per heavy atom. The minimum Gasteiger partial charge on any atom is -0.471 e. The molecule has 0 N–H and O–H groups in total. The lowest BCUT2D eigenvalue weighted by molar-refractivity contribution is 0.0945. The first-order chi connectivity index (χ1) is 11.2. The average Bonchev–Trinajstić information content (AvgIpc) is 3.04. The van der Waals surface area contributed by atoms with Crippen molar-refractivity contribution in [3.63, 3.8) is 0 Å². The van der Waals surface area contributed by atoms with Crippen LogP contribution < -0.4 is 9.64 Å². The summed E-state index contributed by atoms with van der Waals surface area (Å²) in [6.45, 7) is 6.67. The Kier molecular flexibility index (Phi) is 4.32. The molecular weight excluding hydrogens is 292 g/mol. The van der Waals surface area contributed by atoms with Crippen molar-refractivity contribution in [3.8, 4) is 5.88 Å². The number of fused-ring (bicyclic) bond motifs is 1. The number of aromatic nitrogens is 3. The second-order valence-corrected chi connectivity index (χ2v) is 5.80. The van der Waals surface area contributed by atoms with Crippen molar-refractivity contribution in [1.82, 2.24) is 14.8 Å². The Morgan fingerprint density at radius 3 is 2.87 bits per heavy atom. The lowest BCUT2D eigenvalue weighted by atomic mass is 10.1. The molecule has 1 amide bonds. The minimum absolute atomic E-state index is 0.0567. The molecule has 1 unspecified atom stereocenters. The van der Waals surface area contributed by atoms with Crippen molar-refractivity contribution >= 4 is 11.6 Å². The van der Waals surface area contributed by atoms with Gasteiger partial charge in [-0.25, -0.2) is 4.98 Å². The van der Waals surface area contributed by atoms with Crippen molar-refractivity contribution in [1.29, 1.82) is 0 Å². The molecule has 0 aromatic carbocycles. The number of carbonyl (C=O) groups excluding carboxylic acids is 1. The topological polar surface area (TPSA) is 60.2 Å². The number of ether oxygens (including phenoxy) is 1. The molecule has 2 aromatic rings. The van der Waals surface area contributed by atoms with E-state index < -0.39 is 0 Å². The van der Waals surface area contributed by atoms with E-state index in [2.05, 4.69) is 23.9 Å². The number of nitrogens with zero attached hydrogens (tertiary/aromatic N) is 4. The summed E-state index contributed by atoms with van der Waals surface area (Å²) < 4.78 is 7.57. The number of hydrogen-bond acceptors (Lipinski definition) is 4. The maximum atomic E-state index is 13.1. The fourth-order valence-electron chi connectivity index (χ4n) is 3.00. The molecule has 1 aliphatic rings. The minimum atomic E-state index is -0.0918. The number of pyridine rings is 1. The predicted octanol–water partition coefficient (Wildman–Crippen LogP) is 3.07. The molecule has 0 saturated heterocycles. The third-order valence-corrected chi connectivity index (χ3v) is 4.22. The monoisotopic (exact) mass is 314 g/mol. The van der Waals surface area contributed by atoms with Crippen LogP contribution in [0.15, 0.2) is 30.6 Å². The van der Waals surface area contributed by atoms with E-state index in [9.17, 15) is 4.79 Å². The molecule has 122 valence electrons. The van der Waals surface area contributed by atoms with Gasteiger partial charge in [-0.15, -0.1) is 0 Å². The first-order valence-corrected chi connectivity index (χ1v) is 8.12. The second kappa shape index (κ2) is 6.40. The van der Waals surface area contributed by atoms with Crippen LogP contribution in [-0.2, 0) is 0 Å². The molecule has 0 radical (unpaired) electrons. The fourth-order valence-corrected chi connectivity index (χ4v) is 3.00. The maximum Gasteiger partial charge on any atom is 0.276 e. The van der Waals surface area contributed by atoms with Gasteiger partial charge in [0.2, 0.25) is 5.88 Å². The zero-order valence-corrected chi connectivity index (χ0v) is 13.8. The molecule has 3 heterocycles. The smallest absolute Gasteiger partial charge is 0.276 e. The van der Waals surface area contributed by atoms with Crippen LogP contribution in [0.5, 0.6) is 5.88 Å². The van der Waals surface area contributed by atoms with Gasteiger partial charge in [0, 0.05) is 12.4 Å². The zero-order valence-electron chi connectivity index (χ0n) is 13.8. The Morgan fingerprint density at radius 2 is 2.13 bits per heavy atom. The summed E-state index contributed by atoms with van der Waals surface area (Å²) in [6, 6.07) is 5.70. The summed E-state index contributed by atoms with van der Waals surface area (Å²) in [5.41, 5.74) is 1.33. The van der Waals surface area contributed by atoms with E-state index in [0.717, 1.165) is 12.8 Å². The van der Waals surface area contributed by atoms with E-state index in [4.69, 9.17) is 4.74 Å². The highest BCUT2D eigenvalue weighted by Gasteiger charge is 2.31. The van der Waals surface area contributed by atoms with E-state index in [1.807, 2.05) is 23.7 Å². The molecule has 0 fully saturated rings. The van der Waals surface area contributed by atoms with Gasteiger partial charge in [0.25, 0.3) is 5.91 Å². The molecule has 3 rings (SSSR count). The van der Waals surface area contributed by atoms with Gasteiger partial charge >= 0.3 is 0 Å². The van der Waals surface area contributed by atoms with E-state index in [1.54, 1.807) is 23.4 Å². The predicted molar refractivity (Wildman–Crippen MR) is 87.8 cm³/mol. The molecule has 1 aliphatic heterocycles.